The molecule has 7 aromatic rings. The Morgan fingerprint density at radius 2 is 0.908 bits per heavy atom. The number of nitrogens with zero attached hydrogens (tertiary/aromatic N) is 4. The molecule has 3 aliphatic heterocycles. The van der Waals surface area contributed by atoms with E-state index in [0.717, 1.165) is 27.5 Å². The van der Waals surface area contributed by atoms with Gasteiger partial charge in [0.15, 0.2) is 5.37 Å². The molecule has 12 atom stereocenters. The minimum Gasteiger partial charge on any atom is -0.480 e. The number of rotatable bonds is 19. The van der Waals surface area contributed by atoms with Gasteiger partial charge in [0.1, 0.15) is 66.5 Å². The lowest BCUT2D eigenvalue weighted by molar-refractivity contribution is -0.142. The maximum atomic E-state index is 15.7. The second-order valence-electron chi connectivity index (χ2n) is 26.6. The number of aromatic nitrogens is 6. The van der Waals surface area contributed by atoms with E-state index in [-0.39, 0.29) is 69.5 Å². The summed E-state index contributed by atoms with van der Waals surface area (Å²) in [5, 5.41) is 48.2. The number of benzene rings is 3. The number of hydrogen-bond acceptors (Lipinski definition) is 20. The van der Waals surface area contributed by atoms with Crippen LogP contribution in [0.3, 0.4) is 0 Å². The van der Waals surface area contributed by atoms with Gasteiger partial charge in [-0.25, -0.2) is 9.97 Å². The van der Waals surface area contributed by atoms with Gasteiger partial charge in [-0.1, -0.05) is 88.3 Å². The Morgan fingerprint density at radius 3 is 1.44 bits per heavy atom. The summed E-state index contributed by atoms with van der Waals surface area (Å²) >= 11 is 1.16. The lowest BCUT2D eigenvalue weighted by Crippen LogP contribution is -2.62. The quantitative estimate of drug-likeness (QED) is 0.0338. The number of fused-ring (bicyclic) bond motifs is 7. The molecular formula is C71H85N19O16S3. The molecule has 109 heavy (non-hydrogen) atoms. The van der Waals surface area contributed by atoms with E-state index in [1.54, 1.807) is 91.3 Å². The Hall–Kier alpha value is -11.3. The molecule has 10 rings (SSSR count). The molecule has 0 aliphatic carbocycles. The van der Waals surface area contributed by atoms with Gasteiger partial charge in [0.25, 0.3) is 5.91 Å². The van der Waals surface area contributed by atoms with E-state index in [1.165, 1.54) is 50.7 Å². The highest BCUT2D eigenvalue weighted by Gasteiger charge is 2.43. The molecule has 3 fully saturated rings. The number of para-hydroxylation sites is 2. The Labute approximate surface area is 635 Å². The fourth-order valence-corrected chi connectivity index (χ4v) is 16.1. The molecule has 3 aromatic carbocycles. The average Bonchev–Trinajstić information content (AvgIpc) is 1.74. The number of thioether (sulfide) groups is 1. The van der Waals surface area contributed by atoms with Gasteiger partial charge in [0, 0.05) is 90.2 Å². The molecule has 38 heteroatoms. The maximum absolute atomic E-state index is 15.7. The molecule has 2 bridgehead atoms. The number of imidazole rings is 2. The monoisotopic (exact) mass is 1560 g/mol. The summed E-state index contributed by atoms with van der Waals surface area (Å²) in [7, 11) is 1.47. The van der Waals surface area contributed by atoms with Crippen LogP contribution in [0, 0.1) is 0 Å². The van der Waals surface area contributed by atoms with E-state index in [0.29, 0.717) is 60.7 Å². The van der Waals surface area contributed by atoms with Crippen LogP contribution in [-0.4, -0.2) is 242 Å². The summed E-state index contributed by atoms with van der Waals surface area (Å²) in [6.45, 7) is 2.57. The first-order valence-electron chi connectivity index (χ1n) is 35.1. The van der Waals surface area contributed by atoms with E-state index >= 15 is 38.4 Å². The number of H-pyrrole nitrogens is 4. The number of hydrogen-bond donors (Lipinski definition) is 17. The van der Waals surface area contributed by atoms with Crippen LogP contribution in [-0.2, 0) is 99.2 Å². The average molecular weight is 1560 g/mol. The smallest absolute Gasteiger partial charge is 0.317 e. The number of carbonyl (C=O) groups is 14. The lowest BCUT2D eigenvalue weighted by Gasteiger charge is -2.31. The summed E-state index contributed by atoms with van der Waals surface area (Å²) in [5.74, 6) is -14.4. The topological polar surface area (TPSA) is 507 Å². The highest BCUT2D eigenvalue weighted by Crippen LogP contribution is 2.32. The fraction of sp³-hybridized carbons (Fsp3) is 0.408. The molecule has 35 nitrogen and oxygen atoms in total. The van der Waals surface area contributed by atoms with Crippen LogP contribution in [0.1, 0.15) is 68.1 Å². The zero-order valence-electron chi connectivity index (χ0n) is 59.4. The van der Waals surface area contributed by atoms with Gasteiger partial charge in [0.2, 0.25) is 65.0 Å². The van der Waals surface area contributed by atoms with Crippen molar-refractivity contribution in [3.8, 4) is 0 Å². The highest BCUT2D eigenvalue weighted by atomic mass is 33.1. The molecule has 12 amide bonds. The normalized spacial score (nSPS) is 24.6. The standard InChI is InChI=1S/C71H85N19O16S3/c1-37-59(95)78-38(2)60(96)81-49(19-11-12-20-89(30-57(91)92)31-58(93)94)62(98)79-39(3)61(97)82-52(23-42-27-75-48-18-10-8-16-46(42)48)67(103)88-70-71(106)90-36-107-33-56(90)69(105)86-54(25-44-29-73-35-77-44)66(102)83-50(21-40-13-5-4-6-14-40)63(99)85-53(24-43-28-72-34-76-43)65(101)84-51(22-41-26-74-47-17-9-7-15-45(41)47)64(100)87-55(32-108-109-70)68(104)80-37/h4-10,13-18,26-29,34-35,37-39,49-56,70,74-75H,11-12,19-25,30-33,36H2,1-3H3,(H,72,76)(H,73,77)(H,78,95)(H,79,98)(H,80,104)(H,81,96)(H,82,97)(H,83,102)(H,84,101)(H,85,99)(H,86,105)(H,87,100)(H,88,103)(H,91,92)(H,93,94)/t37-,38-,39-,49-,50+,51-,52-,53-,54-,55-,56-,70-/m0/s1. The highest BCUT2D eigenvalue weighted by molar-refractivity contribution is 8.77. The van der Waals surface area contributed by atoms with Crippen molar-refractivity contribution in [3.63, 3.8) is 0 Å². The molecule has 17 N–H and O–H groups in total. The largest absolute Gasteiger partial charge is 0.480 e. The number of nitrogens with one attached hydrogen (secondary N) is 15. The predicted octanol–water partition coefficient (Wildman–Crippen LogP) is -1.09. The molecule has 0 unspecified atom stereocenters. The van der Waals surface area contributed by atoms with E-state index in [1.807, 2.05) is 0 Å². The lowest BCUT2D eigenvalue weighted by atomic mass is 10.0. The van der Waals surface area contributed by atoms with E-state index < -0.39 is 174 Å². The first kappa shape index (κ1) is 80.3. The summed E-state index contributed by atoms with van der Waals surface area (Å²) in [6.07, 6.45) is 7.75. The minimum absolute atomic E-state index is 0.0462. The first-order chi connectivity index (χ1) is 52.3. The molecule has 3 saturated heterocycles. The summed E-state index contributed by atoms with van der Waals surface area (Å²) in [5.41, 5.74) is 3.51. The first-order valence-corrected chi connectivity index (χ1v) is 38.6. The van der Waals surface area contributed by atoms with Crippen molar-refractivity contribution < 1.29 is 77.3 Å². The second kappa shape index (κ2) is 38.0. The Morgan fingerprint density at radius 1 is 0.468 bits per heavy atom. The van der Waals surface area contributed by atoms with Gasteiger partial charge >= 0.3 is 11.9 Å². The molecule has 4 aromatic heterocycles. The van der Waals surface area contributed by atoms with Crippen molar-refractivity contribution in [1.29, 1.82) is 0 Å². The third-order valence-corrected chi connectivity index (χ3v) is 21.9. The zero-order chi connectivity index (χ0) is 77.8. The fourth-order valence-electron chi connectivity index (χ4n) is 12.6. The molecule has 0 spiro atoms. The van der Waals surface area contributed by atoms with Crippen molar-refractivity contribution in [2.45, 2.75) is 144 Å². The van der Waals surface area contributed by atoms with Crippen LogP contribution in [0.4, 0.5) is 0 Å². The van der Waals surface area contributed by atoms with Crippen molar-refractivity contribution in [2.24, 2.45) is 0 Å². The predicted molar refractivity (Wildman–Crippen MR) is 401 cm³/mol. The number of amides is 12. The van der Waals surface area contributed by atoms with Crippen LogP contribution >= 0.6 is 33.3 Å². The molecule has 7 heterocycles. The second-order valence-corrected chi connectivity index (χ2v) is 30.1. The molecule has 0 saturated carbocycles. The number of carboxylic acid groups (broad SMARTS) is 2. The zero-order valence-corrected chi connectivity index (χ0v) is 61.9. The minimum atomic E-state index is -1.74. The molecular weight excluding hydrogens is 1470 g/mol. The van der Waals surface area contributed by atoms with Crippen molar-refractivity contribution >= 4 is 138 Å². The van der Waals surface area contributed by atoms with Gasteiger partial charge in [0.05, 0.1) is 43.0 Å². The Kier molecular flexibility index (Phi) is 28.0. The van der Waals surface area contributed by atoms with E-state index in [9.17, 15) is 39.0 Å². The SMILES string of the molecule is C[C@@H]1NC(=O)[C@H](C)NC(=O)[C@@H]2CSS[C@H](NC(=O)[C@H](Cc3c[nH]c4ccccc34)NC(=O)[C@H](C)NC(=O)[C@H](CCCCN(CC(=O)O)CC(=O)O)NC1=O)C(=O)N1CSC[C@H]1C(=O)N[C@@H](Cc1c[nH]cn1)C(=O)N[C@H](Cc1ccccc1)C(=O)N[C@@H](Cc1c[nH]cn1)C(=O)N[C@@H](Cc1c[nH]c3ccccc13)C(=O)N2. The van der Waals surface area contributed by atoms with Gasteiger partial charge in [-0.15, -0.1) is 11.8 Å². The Balaban J connectivity index is 1.06. The summed E-state index contributed by atoms with van der Waals surface area (Å²) in [4.78, 5) is 226. The number of aromatic amines is 4. The van der Waals surface area contributed by atoms with Crippen LogP contribution in [0.5, 0.6) is 0 Å². The summed E-state index contributed by atoms with van der Waals surface area (Å²) in [6, 6.07) is 6.13. The number of unbranched alkanes of at least 4 members (excludes halogenated alkanes) is 1. The van der Waals surface area contributed by atoms with Crippen molar-refractivity contribution in [3.05, 3.63) is 144 Å². The summed E-state index contributed by atoms with van der Waals surface area (Å²) < 4.78 is 0. The molecule has 0 radical (unpaired) electrons. The number of carbonyl (C=O) groups excluding carboxylic acids is 12. The Bertz CT molecular complexity index is 4430. The third-order valence-electron chi connectivity index (χ3n) is 18.4. The molecule has 3 aliphatic rings. The van der Waals surface area contributed by atoms with Crippen LogP contribution in [0.25, 0.3) is 21.8 Å². The van der Waals surface area contributed by atoms with E-state index in [2.05, 4.69) is 88.4 Å². The maximum Gasteiger partial charge on any atom is 0.317 e. The van der Waals surface area contributed by atoms with Crippen LogP contribution in [0.2, 0.25) is 0 Å². The van der Waals surface area contributed by atoms with Gasteiger partial charge in [-0.3, -0.25) is 72.0 Å². The van der Waals surface area contributed by atoms with Gasteiger partial charge < -0.3 is 93.5 Å². The number of carboxylic acids is 2. The third kappa shape index (κ3) is 22.2. The van der Waals surface area contributed by atoms with E-state index in [4.69, 9.17) is 0 Å². The van der Waals surface area contributed by atoms with Crippen LogP contribution in [0.15, 0.2) is 116 Å². The number of aliphatic carboxylic acids is 2. The van der Waals surface area contributed by atoms with Gasteiger partial charge in [-0.2, -0.15) is 0 Å². The van der Waals surface area contributed by atoms with Gasteiger partial charge in [-0.05, 0) is 75.4 Å². The molecule has 578 valence electrons. The van der Waals surface area contributed by atoms with Crippen LogP contribution < -0.4 is 58.5 Å². The van der Waals surface area contributed by atoms with Crippen molar-refractivity contribution in [1.82, 2.24) is 98.2 Å². The van der Waals surface area contributed by atoms with Crippen molar-refractivity contribution in [2.75, 3.05) is 37.0 Å².